The van der Waals surface area contributed by atoms with Crippen LogP contribution in [0.15, 0.2) is 18.5 Å². The largest absolute Gasteiger partial charge is 0.294 e. The quantitative estimate of drug-likeness (QED) is 0.651. The monoisotopic (exact) mass is 179 g/mol. The molecule has 13 heavy (non-hydrogen) atoms. The Labute approximate surface area is 75.8 Å². The molecule has 1 fully saturated rings. The van der Waals surface area contributed by atoms with Crippen LogP contribution in [-0.2, 0) is 0 Å². The highest BCUT2D eigenvalue weighted by molar-refractivity contribution is 6.01. The fraction of sp³-hybridized carbons (Fsp3) is 0.400. The molecule has 1 aromatic heterocycles. The molecule has 1 aliphatic carbocycles. The fourth-order valence-electron chi connectivity index (χ4n) is 1.30. The molecule has 0 aliphatic heterocycles. The Morgan fingerprint density at radius 3 is 2.77 bits per heavy atom. The summed E-state index contributed by atoms with van der Waals surface area (Å²) in [5.41, 5.74) is 0.148. The first kappa shape index (κ1) is 8.35. The second-order valence-electron chi connectivity index (χ2n) is 3.78. The molecule has 1 saturated carbocycles. The Bertz CT molecular complexity index is 358. The van der Waals surface area contributed by atoms with E-state index in [1.54, 1.807) is 0 Å². The summed E-state index contributed by atoms with van der Waals surface area (Å²) in [7, 11) is 0. The van der Waals surface area contributed by atoms with Crippen molar-refractivity contribution >= 4 is 5.78 Å². The molecule has 68 valence electrons. The Morgan fingerprint density at radius 1 is 1.54 bits per heavy atom. The minimum atomic E-state index is -0.449. The summed E-state index contributed by atoms with van der Waals surface area (Å²) in [6.07, 6.45) is 4.34. The Balaban J connectivity index is 2.30. The Hall–Kier alpha value is -1.25. The second kappa shape index (κ2) is 2.62. The normalized spacial score (nSPS) is 18.3. The van der Waals surface area contributed by atoms with Crippen LogP contribution in [0.5, 0.6) is 0 Å². The topological polar surface area (TPSA) is 30.0 Å². The molecular formula is C10H10FNO. The van der Waals surface area contributed by atoms with Gasteiger partial charge >= 0.3 is 0 Å². The lowest BCUT2D eigenvalue weighted by Gasteiger charge is -2.05. The van der Waals surface area contributed by atoms with Crippen molar-refractivity contribution in [2.45, 2.75) is 19.8 Å². The van der Waals surface area contributed by atoms with Crippen molar-refractivity contribution in [1.29, 1.82) is 0 Å². The van der Waals surface area contributed by atoms with E-state index in [9.17, 15) is 9.18 Å². The van der Waals surface area contributed by atoms with Crippen LogP contribution in [0.1, 0.15) is 30.1 Å². The fourth-order valence-corrected chi connectivity index (χ4v) is 1.30. The van der Waals surface area contributed by atoms with Gasteiger partial charge in [-0.2, -0.15) is 0 Å². The number of hydrogen-bond acceptors (Lipinski definition) is 2. The van der Waals surface area contributed by atoms with Crippen molar-refractivity contribution in [3.05, 3.63) is 29.8 Å². The third-order valence-corrected chi connectivity index (χ3v) is 2.52. The lowest BCUT2D eigenvalue weighted by atomic mass is 9.98. The number of nitrogens with zero attached hydrogens (tertiary/aromatic N) is 1. The van der Waals surface area contributed by atoms with Crippen LogP contribution in [-0.4, -0.2) is 10.8 Å². The molecule has 1 aliphatic rings. The number of Topliss-reactive ketones (excluding diaryl/α,β-unsaturated/α-hetero) is 1. The molecule has 0 bridgehead atoms. The predicted molar refractivity (Wildman–Crippen MR) is 45.9 cm³/mol. The van der Waals surface area contributed by atoms with Crippen LogP contribution in [0.3, 0.4) is 0 Å². The molecule has 0 atom stereocenters. The van der Waals surface area contributed by atoms with Crippen molar-refractivity contribution < 1.29 is 9.18 Å². The molecule has 1 aromatic rings. The summed E-state index contributed by atoms with van der Waals surface area (Å²) >= 11 is 0. The average molecular weight is 179 g/mol. The van der Waals surface area contributed by atoms with E-state index in [0.717, 1.165) is 19.0 Å². The number of rotatable bonds is 2. The molecule has 0 N–H and O–H groups in total. The summed E-state index contributed by atoms with van der Waals surface area (Å²) < 4.78 is 12.7. The van der Waals surface area contributed by atoms with Crippen LogP contribution in [0.2, 0.25) is 0 Å². The molecule has 0 aromatic carbocycles. The lowest BCUT2D eigenvalue weighted by molar-refractivity contribution is 0.0911. The SMILES string of the molecule is CC1(C(=O)c2cncc(F)c2)CC1. The van der Waals surface area contributed by atoms with Crippen LogP contribution >= 0.6 is 0 Å². The number of carbonyl (C=O) groups excluding carboxylic acids is 1. The second-order valence-corrected chi connectivity index (χ2v) is 3.78. The highest BCUT2D eigenvalue weighted by Gasteiger charge is 2.45. The number of carbonyl (C=O) groups is 1. The number of ketones is 1. The first-order valence-corrected chi connectivity index (χ1v) is 4.27. The molecule has 1 heterocycles. The summed E-state index contributed by atoms with van der Waals surface area (Å²) in [6.45, 7) is 1.90. The molecule has 0 spiro atoms. The maximum Gasteiger partial charge on any atom is 0.170 e. The van der Waals surface area contributed by atoms with Crippen molar-refractivity contribution in [3.8, 4) is 0 Å². The van der Waals surface area contributed by atoms with Gasteiger partial charge in [0.1, 0.15) is 5.82 Å². The van der Waals surface area contributed by atoms with E-state index in [4.69, 9.17) is 0 Å². The van der Waals surface area contributed by atoms with Gasteiger partial charge in [-0.25, -0.2) is 4.39 Å². The van der Waals surface area contributed by atoms with Crippen LogP contribution in [0.4, 0.5) is 4.39 Å². The van der Waals surface area contributed by atoms with Gasteiger partial charge in [0.25, 0.3) is 0 Å². The highest BCUT2D eigenvalue weighted by Crippen LogP contribution is 2.47. The van der Waals surface area contributed by atoms with E-state index in [0.29, 0.717) is 5.56 Å². The summed E-state index contributed by atoms with van der Waals surface area (Å²) in [4.78, 5) is 15.3. The number of halogens is 1. The van der Waals surface area contributed by atoms with Gasteiger partial charge in [-0.15, -0.1) is 0 Å². The third kappa shape index (κ3) is 1.46. The highest BCUT2D eigenvalue weighted by atomic mass is 19.1. The van der Waals surface area contributed by atoms with Gasteiger partial charge in [-0.3, -0.25) is 9.78 Å². The van der Waals surface area contributed by atoms with E-state index >= 15 is 0 Å². The van der Waals surface area contributed by atoms with Crippen LogP contribution in [0, 0.1) is 11.2 Å². The average Bonchev–Trinajstić information content (AvgIpc) is 2.84. The van der Waals surface area contributed by atoms with Gasteiger partial charge in [-0.1, -0.05) is 6.92 Å². The molecule has 2 rings (SSSR count). The summed E-state index contributed by atoms with van der Waals surface area (Å²) in [5, 5.41) is 0. The smallest absolute Gasteiger partial charge is 0.170 e. The van der Waals surface area contributed by atoms with E-state index < -0.39 is 5.82 Å². The first-order valence-electron chi connectivity index (χ1n) is 4.27. The first-order chi connectivity index (χ1) is 6.12. The van der Waals surface area contributed by atoms with Crippen molar-refractivity contribution in [1.82, 2.24) is 4.98 Å². The molecule has 0 unspecified atom stereocenters. The van der Waals surface area contributed by atoms with E-state index in [2.05, 4.69) is 4.98 Å². The summed E-state index contributed by atoms with van der Waals surface area (Å²) in [6, 6.07) is 1.25. The van der Waals surface area contributed by atoms with Gasteiger partial charge in [0.2, 0.25) is 0 Å². The zero-order valence-electron chi connectivity index (χ0n) is 7.38. The minimum Gasteiger partial charge on any atom is -0.294 e. The maximum absolute atomic E-state index is 12.7. The van der Waals surface area contributed by atoms with E-state index in [1.807, 2.05) is 6.92 Å². The van der Waals surface area contributed by atoms with Crippen molar-refractivity contribution in [2.24, 2.45) is 5.41 Å². The standard InChI is InChI=1S/C10H10FNO/c1-10(2-3-10)9(13)7-4-8(11)6-12-5-7/h4-6H,2-3H2,1H3. The maximum atomic E-state index is 12.7. The Morgan fingerprint density at radius 2 is 2.23 bits per heavy atom. The zero-order valence-corrected chi connectivity index (χ0v) is 7.38. The lowest BCUT2D eigenvalue weighted by Crippen LogP contribution is -2.12. The molecule has 0 saturated heterocycles. The van der Waals surface area contributed by atoms with Gasteiger partial charge < -0.3 is 0 Å². The number of pyridine rings is 1. The van der Waals surface area contributed by atoms with Crippen molar-refractivity contribution in [2.75, 3.05) is 0 Å². The van der Waals surface area contributed by atoms with Crippen LogP contribution < -0.4 is 0 Å². The molecule has 0 radical (unpaired) electrons. The molecular weight excluding hydrogens is 169 g/mol. The predicted octanol–water partition coefficient (Wildman–Crippen LogP) is 2.20. The minimum absolute atomic E-state index is 0.0134. The van der Waals surface area contributed by atoms with Crippen LogP contribution in [0.25, 0.3) is 0 Å². The Kier molecular flexibility index (Phi) is 1.68. The van der Waals surface area contributed by atoms with E-state index in [1.165, 1.54) is 12.3 Å². The zero-order chi connectivity index (χ0) is 9.47. The number of hydrogen-bond donors (Lipinski definition) is 0. The van der Waals surface area contributed by atoms with E-state index in [-0.39, 0.29) is 11.2 Å². The van der Waals surface area contributed by atoms with Gasteiger partial charge in [0.15, 0.2) is 5.78 Å². The third-order valence-electron chi connectivity index (χ3n) is 2.52. The molecule has 3 heteroatoms. The van der Waals surface area contributed by atoms with Gasteiger partial charge in [-0.05, 0) is 18.9 Å². The molecule has 2 nitrogen and oxygen atoms in total. The summed E-state index contributed by atoms with van der Waals surface area (Å²) in [5.74, 6) is -0.436. The van der Waals surface area contributed by atoms with Crippen molar-refractivity contribution in [3.63, 3.8) is 0 Å². The van der Waals surface area contributed by atoms with Gasteiger partial charge in [0, 0.05) is 17.2 Å². The molecule has 0 amide bonds. The number of aromatic nitrogens is 1. The van der Waals surface area contributed by atoms with Gasteiger partial charge in [0.05, 0.1) is 6.20 Å².